The van der Waals surface area contributed by atoms with Crippen LogP contribution in [0.1, 0.15) is 39.5 Å². The van der Waals surface area contributed by atoms with Crippen molar-refractivity contribution in [2.75, 3.05) is 0 Å². The topological polar surface area (TPSA) is 26.3 Å². The van der Waals surface area contributed by atoms with Crippen LogP contribution in [-0.2, 0) is 9.53 Å². The minimum absolute atomic E-state index is 0.00150. The molecule has 1 aliphatic rings. The van der Waals surface area contributed by atoms with Crippen LogP contribution in [-0.4, -0.2) is 12.1 Å². The summed E-state index contributed by atoms with van der Waals surface area (Å²) in [6.07, 6.45) is 9.98. The molecule has 0 amide bonds. The van der Waals surface area contributed by atoms with Gasteiger partial charge in [-0.15, -0.1) is 0 Å². The molecule has 0 heterocycles. The molecule has 0 N–H and O–H groups in total. The third kappa shape index (κ3) is 4.26. The van der Waals surface area contributed by atoms with Gasteiger partial charge in [0.1, 0.15) is 0 Å². The van der Waals surface area contributed by atoms with Crippen LogP contribution in [0, 0.1) is 0 Å². The summed E-state index contributed by atoms with van der Waals surface area (Å²) in [6, 6.07) is 0. The van der Waals surface area contributed by atoms with Crippen molar-refractivity contribution in [1.29, 1.82) is 0 Å². The Balaban J connectivity index is 2.23. The van der Waals surface area contributed by atoms with Gasteiger partial charge < -0.3 is 4.74 Å². The zero-order chi connectivity index (χ0) is 10.4. The van der Waals surface area contributed by atoms with Gasteiger partial charge in [-0.25, -0.2) is 0 Å². The molecule has 0 aromatic carbocycles. The first kappa shape index (κ1) is 11.0. The summed E-state index contributed by atoms with van der Waals surface area (Å²) in [4.78, 5) is 11.2. The zero-order valence-electron chi connectivity index (χ0n) is 8.95. The summed E-state index contributed by atoms with van der Waals surface area (Å²) in [7, 11) is 0. The van der Waals surface area contributed by atoms with Gasteiger partial charge in [0.05, 0.1) is 6.10 Å². The molecule has 1 aliphatic carbocycles. The van der Waals surface area contributed by atoms with E-state index in [4.69, 9.17) is 4.74 Å². The van der Waals surface area contributed by atoms with Gasteiger partial charge in [-0.3, -0.25) is 4.79 Å². The molecule has 0 saturated heterocycles. The standard InChI is InChI=1S/C12H18O2/c1-10(2)14-12(13)9-8-11-6-4-3-5-7-11/h4,6-7,10H,3,5,8-9H2,1-2H3. The average Bonchev–Trinajstić information content (AvgIpc) is 2.15. The van der Waals surface area contributed by atoms with Gasteiger partial charge in [-0.05, 0) is 33.1 Å². The van der Waals surface area contributed by atoms with E-state index in [1.54, 1.807) is 0 Å². The van der Waals surface area contributed by atoms with Gasteiger partial charge in [0.2, 0.25) is 0 Å². The summed E-state index contributed by atoms with van der Waals surface area (Å²) < 4.78 is 5.05. The molecule has 0 atom stereocenters. The predicted octanol–water partition coefficient (Wildman–Crippen LogP) is 2.99. The Kier molecular flexibility index (Phi) is 4.44. The van der Waals surface area contributed by atoms with Crippen molar-refractivity contribution in [3.63, 3.8) is 0 Å². The van der Waals surface area contributed by atoms with E-state index in [0.717, 1.165) is 19.3 Å². The number of carbonyl (C=O) groups excluding carboxylic acids is 1. The number of esters is 1. The van der Waals surface area contributed by atoms with Gasteiger partial charge in [0.15, 0.2) is 0 Å². The minimum atomic E-state index is -0.0973. The lowest BCUT2D eigenvalue weighted by molar-refractivity contribution is -0.147. The highest BCUT2D eigenvalue weighted by Gasteiger charge is 2.06. The van der Waals surface area contributed by atoms with Crippen LogP contribution in [0.25, 0.3) is 0 Å². The molecule has 1 rings (SSSR count). The lowest BCUT2D eigenvalue weighted by Crippen LogP contribution is -2.11. The van der Waals surface area contributed by atoms with Gasteiger partial charge in [0.25, 0.3) is 0 Å². The van der Waals surface area contributed by atoms with E-state index in [2.05, 4.69) is 18.2 Å². The van der Waals surface area contributed by atoms with Crippen molar-refractivity contribution in [1.82, 2.24) is 0 Å². The molecule has 0 bridgehead atoms. The fourth-order valence-corrected chi connectivity index (χ4v) is 1.42. The first-order valence-corrected chi connectivity index (χ1v) is 5.23. The fourth-order valence-electron chi connectivity index (χ4n) is 1.42. The highest BCUT2D eigenvalue weighted by molar-refractivity contribution is 5.70. The molecule has 78 valence electrons. The highest BCUT2D eigenvalue weighted by atomic mass is 16.5. The molecule has 0 spiro atoms. The summed E-state index contributed by atoms with van der Waals surface area (Å²) in [6.45, 7) is 3.75. The quantitative estimate of drug-likeness (QED) is 0.643. The molecule has 0 aliphatic heterocycles. The van der Waals surface area contributed by atoms with E-state index in [1.165, 1.54) is 5.57 Å². The monoisotopic (exact) mass is 194 g/mol. The molecule has 0 radical (unpaired) electrons. The molecule has 2 nitrogen and oxygen atoms in total. The first-order valence-electron chi connectivity index (χ1n) is 5.23. The number of allylic oxidation sites excluding steroid dienone is 4. The Morgan fingerprint density at radius 3 is 2.86 bits per heavy atom. The van der Waals surface area contributed by atoms with Crippen molar-refractivity contribution in [3.8, 4) is 0 Å². The Hall–Kier alpha value is -1.05. The maximum atomic E-state index is 11.2. The maximum Gasteiger partial charge on any atom is 0.306 e. The lowest BCUT2D eigenvalue weighted by atomic mass is 10.0. The second kappa shape index (κ2) is 5.63. The number of hydrogen-bond acceptors (Lipinski definition) is 2. The molecule has 0 aromatic rings. The lowest BCUT2D eigenvalue weighted by Gasteiger charge is -2.09. The van der Waals surface area contributed by atoms with Crippen molar-refractivity contribution in [2.24, 2.45) is 0 Å². The average molecular weight is 194 g/mol. The Morgan fingerprint density at radius 1 is 1.50 bits per heavy atom. The Bertz CT molecular complexity index is 249. The van der Waals surface area contributed by atoms with Crippen LogP contribution >= 0.6 is 0 Å². The second-order valence-corrected chi connectivity index (χ2v) is 3.80. The first-order chi connectivity index (χ1) is 6.68. The summed E-state index contributed by atoms with van der Waals surface area (Å²) >= 11 is 0. The van der Waals surface area contributed by atoms with Crippen LogP contribution in [0.5, 0.6) is 0 Å². The summed E-state index contributed by atoms with van der Waals surface area (Å²) in [5.41, 5.74) is 1.26. The second-order valence-electron chi connectivity index (χ2n) is 3.80. The highest BCUT2D eigenvalue weighted by Crippen LogP contribution is 2.15. The van der Waals surface area contributed by atoms with Crippen molar-refractivity contribution >= 4 is 5.97 Å². The van der Waals surface area contributed by atoms with Crippen LogP contribution < -0.4 is 0 Å². The molecule has 2 heteroatoms. The molecule has 0 saturated carbocycles. The number of hydrogen-bond donors (Lipinski definition) is 0. The number of rotatable bonds is 4. The van der Waals surface area contributed by atoms with E-state index in [-0.39, 0.29) is 12.1 Å². The zero-order valence-corrected chi connectivity index (χ0v) is 8.95. The fraction of sp³-hybridized carbons (Fsp3) is 0.583. The van der Waals surface area contributed by atoms with E-state index >= 15 is 0 Å². The summed E-state index contributed by atoms with van der Waals surface area (Å²) in [5, 5.41) is 0. The number of carbonyl (C=O) groups is 1. The van der Waals surface area contributed by atoms with Gasteiger partial charge in [0, 0.05) is 6.42 Å². The van der Waals surface area contributed by atoms with Crippen molar-refractivity contribution < 1.29 is 9.53 Å². The van der Waals surface area contributed by atoms with Crippen molar-refractivity contribution in [2.45, 2.75) is 45.6 Å². The Morgan fingerprint density at radius 2 is 2.29 bits per heavy atom. The molecular weight excluding hydrogens is 176 g/mol. The third-order valence-corrected chi connectivity index (χ3v) is 2.06. The van der Waals surface area contributed by atoms with Gasteiger partial charge in [-0.1, -0.05) is 23.8 Å². The van der Waals surface area contributed by atoms with E-state index in [1.807, 2.05) is 13.8 Å². The van der Waals surface area contributed by atoms with E-state index in [0.29, 0.717) is 6.42 Å². The Labute approximate surface area is 85.6 Å². The van der Waals surface area contributed by atoms with Crippen LogP contribution in [0.2, 0.25) is 0 Å². The smallest absolute Gasteiger partial charge is 0.306 e. The minimum Gasteiger partial charge on any atom is -0.463 e. The third-order valence-electron chi connectivity index (χ3n) is 2.06. The molecule has 0 fully saturated rings. The number of ether oxygens (including phenoxy) is 1. The molecular formula is C12H18O2. The van der Waals surface area contributed by atoms with Crippen LogP contribution in [0.4, 0.5) is 0 Å². The largest absolute Gasteiger partial charge is 0.463 e. The van der Waals surface area contributed by atoms with E-state index < -0.39 is 0 Å². The van der Waals surface area contributed by atoms with E-state index in [9.17, 15) is 4.79 Å². The van der Waals surface area contributed by atoms with Crippen LogP contribution in [0.3, 0.4) is 0 Å². The van der Waals surface area contributed by atoms with Gasteiger partial charge >= 0.3 is 5.97 Å². The maximum absolute atomic E-state index is 11.2. The van der Waals surface area contributed by atoms with Crippen LogP contribution in [0.15, 0.2) is 23.8 Å². The normalized spacial score (nSPS) is 15.5. The molecule has 14 heavy (non-hydrogen) atoms. The molecule has 0 unspecified atom stereocenters. The predicted molar refractivity (Wildman–Crippen MR) is 56.9 cm³/mol. The SMILES string of the molecule is CC(C)OC(=O)CCC1=CCCC=C1. The van der Waals surface area contributed by atoms with Gasteiger partial charge in [-0.2, -0.15) is 0 Å². The summed E-state index contributed by atoms with van der Waals surface area (Å²) in [5.74, 6) is -0.0973. The van der Waals surface area contributed by atoms with Crippen molar-refractivity contribution in [3.05, 3.63) is 23.8 Å². The molecule has 0 aromatic heterocycles.